The first-order valence-corrected chi connectivity index (χ1v) is 8.14. The maximum absolute atomic E-state index is 8.78. The molecule has 24 heavy (non-hydrogen) atoms. The van der Waals surface area contributed by atoms with Gasteiger partial charge >= 0.3 is 0 Å². The summed E-state index contributed by atoms with van der Waals surface area (Å²) in [6.07, 6.45) is 3.68. The van der Waals surface area contributed by atoms with Crippen molar-refractivity contribution in [1.82, 2.24) is 0 Å². The number of nitriles is 1. The van der Waals surface area contributed by atoms with E-state index in [0.717, 1.165) is 29.8 Å². The predicted molar refractivity (Wildman–Crippen MR) is 95.8 cm³/mol. The molecule has 1 unspecified atom stereocenters. The highest BCUT2D eigenvalue weighted by molar-refractivity contribution is 5.82. The molecule has 0 N–H and O–H groups in total. The maximum atomic E-state index is 8.78. The van der Waals surface area contributed by atoms with E-state index in [-0.39, 0.29) is 6.29 Å². The Bertz CT molecular complexity index is 685. The molecular formula is C20H22N2O2. The summed E-state index contributed by atoms with van der Waals surface area (Å²) in [5.41, 5.74) is 2.42. The average Bonchev–Trinajstić information content (AvgIpc) is 2.62. The standard InChI is InChI=1S/C20H22N2O2/c1-3-4-13-23-16(2)24-20-11-7-18(8-12-20)15-22-19-9-5-17(14-21)6-10-19/h5-12,15-16H,3-4,13H2,1-2H3. The third kappa shape index (κ3) is 5.86. The van der Waals surface area contributed by atoms with Crippen LogP contribution in [0.15, 0.2) is 53.5 Å². The monoisotopic (exact) mass is 322 g/mol. The summed E-state index contributed by atoms with van der Waals surface area (Å²) >= 11 is 0. The Morgan fingerprint density at radius 3 is 2.46 bits per heavy atom. The smallest absolute Gasteiger partial charge is 0.196 e. The van der Waals surface area contributed by atoms with Crippen molar-refractivity contribution < 1.29 is 9.47 Å². The van der Waals surface area contributed by atoms with Gasteiger partial charge in [-0.3, -0.25) is 4.99 Å². The molecule has 124 valence electrons. The third-order valence-electron chi connectivity index (χ3n) is 3.39. The number of ether oxygens (including phenoxy) is 2. The Morgan fingerprint density at radius 2 is 1.83 bits per heavy atom. The van der Waals surface area contributed by atoms with E-state index in [4.69, 9.17) is 14.7 Å². The largest absolute Gasteiger partial charge is 0.465 e. The molecule has 0 bridgehead atoms. The summed E-state index contributed by atoms with van der Waals surface area (Å²) < 4.78 is 11.3. The van der Waals surface area contributed by atoms with Crippen molar-refractivity contribution >= 4 is 11.9 Å². The zero-order valence-corrected chi connectivity index (χ0v) is 14.1. The van der Waals surface area contributed by atoms with E-state index in [0.29, 0.717) is 12.2 Å². The van der Waals surface area contributed by atoms with Crippen LogP contribution < -0.4 is 4.74 Å². The van der Waals surface area contributed by atoms with Gasteiger partial charge in [-0.25, -0.2) is 0 Å². The number of hydrogen-bond donors (Lipinski definition) is 0. The number of aliphatic imine (C=N–C) groups is 1. The van der Waals surface area contributed by atoms with Gasteiger partial charge < -0.3 is 9.47 Å². The third-order valence-corrected chi connectivity index (χ3v) is 3.39. The molecule has 0 aliphatic carbocycles. The van der Waals surface area contributed by atoms with Gasteiger partial charge in [0.05, 0.1) is 23.9 Å². The summed E-state index contributed by atoms with van der Waals surface area (Å²) in [6, 6.07) is 16.9. The fraction of sp³-hybridized carbons (Fsp3) is 0.300. The predicted octanol–water partition coefficient (Wildman–Crippen LogP) is 4.85. The summed E-state index contributed by atoms with van der Waals surface area (Å²) in [7, 11) is 0. The van der Waals surface area contributed by atoms with Crippen LogP contribution in [0.3, 0.4) is 0 Å². The molecule has 2 aromatic carbocycles. The Kier molecular flexibility index (Phi) is 7.00. The van der Waals surface area contributed by atoms with Crippen LogP contribution in [0.2, 0.25) is 0 Å². The molecule has 0 aromatic heterocycles. The highest BCUT2D eigenvalue weighted by atomic mass is 16.7. The van der Waals surface area contributed by atoms with Crippen molar-refractivity contribution in [3.8, 4) is 11.8 Å². The van der Waals surface area contributed by atoms with E-state index in [2.05, 4.69) is 18.0 Å². The average molecular weight is 322 g/mol. The van der Waals surface area contributed by atoms with E-state index in [1.54, 1.807) is 18.3 Å². The minimum Gasteiger partial charge on any atom is -0.465 e. The number of hydrogen-bond acceptors (Lipinski definition) is 4. The van der Waals surface area contributed by atoms with Crippen LogP contribution in [0.5, 0.6) is 5.75 Å². The van der Waals surface area contributed by atoms with Crippen molar-refractivity contribution in [3.05, 3.63) is 59.7 Å². The first-order valence-electron chi connectivity index (χ1n) is 8.14. The van der Waals surface area contributed by atoms with Gasteiger partial charge in [0.1, 0.15) is 5.75 Å². The van der Waals surface area contributed by atoms with Crippen LogP contribution in [-0.4, -0.2) is 19.1 Å². The van der Waals surface area contributed by atoms with Gasteiger partial charge in [-0.1, -0.05) is 13.3 Å². The van der Waals surface area contributed by atoms with Gasteiger partial charge in [0, 0.05) is 6.21 Å². The molecule has 4 nitrogen and oxygen atoms in total. The van der Waals surface area contributed by atoms with Crippen LogP contribution in [-0.2, 0) is 4.74 Å². The van der Waals surface area contributed by atoms with Crippen molar-refractivity contribution in [2.75, 3.05) is 6.61 Å². The number of benzene rings is 2. The highest BCUT2D eigenvalue weighted by Gasteiger charge is 2.03. The van der Waals surface area contributed by atoms with Crippen molar-refractivity contribution in [2.24, 2.45) is 4.99 Å². The molecular weight excluding hydrogens is 300 g/mol. The molecule has 0 heterocycles. The van der Waals surface area contributed by atoms with Gasteiger partial charge in [-0.2, -0.15) is 5.26 Å². The van der Waals surface area contributed by atoms with Crippen LogP contribution in [0, 0.1) is 11.3 Å². The maximum Gasteiger partial charge on any atom is 0.196 e. The lowest BCUT2D eigenvalue weighted by Crippen LogP contribution is -2.16. The fourth-order valence-corrected chi connectivity index (χ4v) is 2.02. The lowest BCUT2D eigenvalue weighted by Gasteiger charge is -2.15. The molecule has 0 fully saturated rings. The molecule has 0 aliphatic rings. The van der Waals surface area contributed by atoms with E-state index < -0.39 is 0 Å². The molecule has 2 rings (SSSR count). The van der Waals surface area contributed by atoms with E-state index in [1.807, 2.05) is 43.3 Å². The zero-order valence-electron chi connectivity index (χ0n) is 14.1. The first-order chi connectivity index (χ1) is 11.7. The molecule has 0 aliphatic heterocycles. The molecule has 0 amide bonds. The Hall–Kier alpha value is -2.64. The SMILES string of the molecule is CCCCOC(C)Oc1ccc(C=Nc2ccc(C#N)cc2)cc1. The van der Waals surface area contributed by atoms with Crippen LogP contribution in [0.1, 0.15) is 37.8 Å². The topological polar surface area (TPSA) is 54.6 Å². The number of nitrogens with zero attached hydrogens (tertiary/aromatic N) is 2. The van der Waals surface area contributed by atoms with Crippen molar-refractivity contribution in [3.63, 3.8) is 0 Å². The van der Waals surface area contributed by atoms with E-state index in [9.17, 15) is 0 Å². The second-order valence-corrected chi connectivity index (χ2v) is 5.40. The molecule has 0 spiro atoms. The molecule has 1 atom stereocenters. The van der Waals surface area contributed by atoms with Gasteiger partial charge in [-0.05, 0) is 67.4 Å². The highest BCUT2D eigenvalue weighted by Crippen LogP contribution is 2.16. The fourth-order valence-electron chi connectivity index (χ4n) is 2.02. The Morgan fingerprint density at radius 1 is 1.12 bits per heavy atom. The van der Waals surface area contributed by atoms with Crippen LogP contribution in [0.4, 0.5) is 5.69 Å². The minimum absolute atomic E-state index is 0.255. The van der Waals surface area contributed by atoms with Gasteiger partial charge in [0.25, 0.3) is 0 Å². The second kappa shape index (κ2) is 9.49. The zero-order chi connectivity index (χ0) is 17.2. The first kappa shape index (κ1) is 17.7. The Labute approximate surface area is 143 Å². The van der Waals surface area contributed by atoms with Gasteiger partial charge in [0.15, 0.2) is 6.29 Å². The Balaban J connectivity index is 1.89. The molecule has 4 heteroatoms. The van der Waals surface area contributed by atoms with Crippen molar-refractivity contribution in [2.45, 2.75) is 33.0 Å². The lowest BCUT2D eigenvalue weighted by atomic mass is 10.2. The van der Waals surface area contributed by atoms with Gasteiger partial charge in [-0.15, -0.1) is 0 Å². The summed E-state index contributed by atoms with van der Waals surface area (Å²) in [5.74, 6) is 0.773. The van der Waals surface area contributed by atoms with Crippen LogP contribution >= 0.6 is 0 Å². The summed E-state index contributed by atoms with van der Waals surface area (Å²) in [6.45, 7) is 4.75. The number of unbranched alkanes of at least 4 members (excludes halogenated alkanes) is 1. The van der Waals surface area contributed by atoms with Crippen molar-refractivity contribution in [1.29, 1.82) is 5.26 Å². The normalized spacial score (nSPS) is 12.0. The van der Waals surface area contributed by atoms with E-state index >= 15 is 0 Å². The summed E-state index contributed by atoms with van der Waals surface area (Å²) in [4.78, 5) is 4.39. The van der Waals surface area contributed by atoms with Crippen LogP contribution in [0.25, 0.3) is 0 Å². The van der Waals surface area contributed by atoms with E-state index in [1.165, 1.54) is 0 Å². The molecule has 0 saturated heterocycles. The second-order valence-electron chi connectivity index (χ2n) is 5.40. The molecule has 2 aromatic rings. The minimum atomic E-state index is -0.255. The summed E-state index contributed by atoms with van der Waals surface area (Å²) in [5, 5.41) is 8.78. The quantitative estimate of drug-likeness (QED) is 0.396. The van der Waals surface area contributed by atoms with Gasteiger partial charge in [0.2, 0.25) is 0 Å². The lowest BCUT2D eigenvalue weighted by molar-refractivity contribution is -0.0673. The molecule has 0 saturated carbocycles. The molecule has 0 radical (unpaired) electrons. The number of rotatable bonds is 8.